The first-order chi connectivity index (χ1) is 9.08. The molecule has 0 spiro atoms. The molecule has 0 radical (unpaired) electrons. The number of aryl methyl sites for hydroxylation is 1. The number of hydrogen-bond acceptors (Lipinski definition) is 4. The number of carbonyl (C=O) groups is 2. The number of thiazole rings is 1. The van der Waals surface area contributed by atoms with Crippen LogP contribution in [0.2, 0.25) is 0 Å². The van der Waals surface area contributed by atoms with E-state index in [4.69, 9.17) is 0 Å². The number of halogens is 1. The van der Waals surface area contributed by atoms with E-state index >= 15 is 0 Å². The molecule has 6 heteroatoms. The zero-order valence-corrected chi connectivity index (χ0v) is 10.8. The Kier molecular flexibility index (Phi) is 2.67. The van der Waals surface area contributed by atoms with Crippen molar-refractivity contribution in [2.45, 2.75) is 13.5 Å². The molecule has 3 rings (SSSR count). The highest BCUT2D eigenvalue weighted by Gasteiger charge is 2.38. The predicted octanol–water partition coefficient (Wildman–Crippen LogP) is 2.32. The second kappa shape index (κ2) is 4.24. The van der Waals surface area contributed by atoms with Crippen molar-refractivity contribution in [1.29, 1.82) is 0 Å². The molecule has 0 N–H and O–H groups in total. The molecule has 0 saturated heterocycles. The summed E-state index contributed by atoms with van der Waals surface area (Å²) in [4.78, 5) is 29.0. The van der Waals surface area contributed by atoms with Crippen LogP contribution < -0.4 is 4.90 Å². The van der Waals surface area contributed by atoms with Crippen molar-refractivity contribution in [3.8, 4) is 0 Å². The van der Waals surface area contributed by atoms with Crippen LogP contribution in [0.1, 0.15) is 20.9 Å². The number of benzene rings is 1. The lowest BCUT2D eigenvalue weighted by Gasteiger charge is -2.15. The van der Waals surface area contributed by atoms with Gasteiger partial charge in [0.1, 0.15) is 10.8 Å². The van der Waals surface area contributed by atoms with Crippen LogP contribution in [-0.2, 0) is 11.3 Å². The maximum absolute atomic E-state index is 14.0. The number of carbonyl (C=O) groups excluding carboxylic acids is 2. The highest BCUT2D eigenvalue weighted by atomic mass is 32.1. The number of aromatic nitrogens is 1. The van der Waals surface area contributed by atoms with Gasteiger partial charge < -0.3 is 0 Å². The van der Waals surface area contributed by atoms with Gasteiger partial charge in [-0.1, -0.05) is 0 Å². The summed E-state index contributed by atoms with van der Waals surface area (Å²) >= 11 is 1.36. The molecule has 2 aromatic rings. The molecular weight excluding hydrogens is 267 g/mol. The van der Waals surface area contributed by atoms with E-state index in [1.165, 1.54) is 17.4 Å². The zero-order valence-electron chi connectivity index (χ0n) is 10.0. The highest BCUT2D eigenvalue weighted by molar-refractivity contribution is 7.09. The van der Waals surface area contributed by atoms with Gasteiger partial charge in [-0.2, -0.15) is 0 Å². The minimum atomic E-state index is -0.699. The third kappa shape index (κ3) is 1.84. The van der Waals surface area contributed by atoms with Crippen LogP contribution in [0.5, 0.6) is 0 Å². The van der Waals surface area contributed by atoms with Crippen LogP contribution >= 0.6 is 11.3 Å². The minimum absolute atomic E-state index is 0.0656. The Bertz CT molecular complexity index is 682. The average molecular weight is 276 g/mol. The highest BCUT2D eigenvalue weighted by Crippen LogP contribution is 2.34. The molecule has 1 aromatic heterocycles. The fraction of sp³-hybridized carbons (Fsp3) is 0.154. The Morgan fingerprint density at radius 1 is 1.37 bits per heavy atom. The lowest BCUT2D eigenvalue weighted by Crippen LogP contribution is -2.29. The van der Waals surface area contributed by atoms with E-state index in [0.29, 0.717) is 10.6 Å². The van der Waals surface area contributed by atoms with Gasteiger partial charge >= 0.3 is 0 Å². The normalized spacial score (nSPS) is 14.1. The first kappa shape index (κ1) is 12.0. The summed E-state index contributed by atoms with van der Waals surface area (Å²) in [5.74, 6) is -1.91. The van der Waals surface area contributed by atoms with Gasteiger partial charge in [0.2, 0.25) is 0 Å². The van der Waals surface area contributed by atoms with Crippen molar-refractivity contribution in [2.75, 3.05) is 4.90 Å². The second-order valence-electron chi connectivity index (χ2n) is 4.29. The Labute approximate surface area is 112 Å². The number of Topliss-reactive ketones (excluding diaryl/α,β-unsaturated/α-hetero) is 1. The number of fused-ring (bicyclic) bond motifs is 1. The second-order valence-corrected chi connectivity index (χ2v) is 5.27. The van der Waals surface area contributed by atoms with Gasteiger partial charge in [-0.25, -0.2) is 9.37 Å². The van der Waals surface area contributed by atoms with Crippen molar-refractivity contribution < 1.29 is 14.0 Å². The molecule has 0 aliphatic carbocycles. The lowest BCUT2D eigenvalue weighted by molar-refractivity contribution is -0.114. The SMILES string of the molecule is Cc1cc(F)c2c(c1)C(=O)C(=O)N2Cc1nccs1. The van der Waals surface area contributed by atoms with Crippen LogP contribution in [0.25, 0.3) is 0 Å². The van der Waals surface area contributed by atoms with Gasteiger partial charge in [0.25, 0.3) is 11.7 Å². The summed E-state index contributed by atoms with van der Waals surface area (Å²) in [5.41, 5.74) is 0.823. The van der Waals surface area contributed by atoms with E-state index < -0.39 is 17.5 Å². The molecule has 19 heavy (non-hydrogen) atoms. The molecule has 0 unspecified atom stereocenters. The van der Waals surface area contributed by atoms with Gasteiger partial charge in [-0.15, -0.1) is 11.3 Å². The fourth-order valence-corrected chi connectivity index (χ4v) is 2.74. The molecule has 1 aliphatic rings. The van der Waals surface area contributed by atoms with Gasteiger partial charge in [0.15, 0.2) is 0 Å². The molecule has 0 bridgehead atoms. The van der Waals surface area contributed by atoms with E-state index in [1.807, 2.05) is 0 Å². The monoisotopic (exact) mass is 276 g/mol. The number of anilines is 1. The van der Waals surface area contributed by atoms with E-state index in [1.54, 1.807) is 24.6 Å². The number of nitrogens with zero attached hydrogens (tertiary/aromatic N) is 2. The third-order valence-electron chi connectivity index (χ3n) is 2.94. The van der Waals surface area contributed by atoms with E-state index in [9.17, 15) is 14.0 Å². The molecule has 2 heterocycles. The number of amides is 1. The van der Waals surface area contributed by atoms with E-state index in [-0.39, 0.29) is 17.8 Å². The molecule has 0 fully saturated rings. The molecule has 1 amide bonds. The zero-order chi connectivity index (χ0) is 13.6. The molecule has 1 aliphatic heterocycles. The topological polar surface area (TPSA) is 50.3 Å². The maximum Gasteiger partial charge on any atom is 0.299 e. The molecule has 0 atom stereocenters. The Morgan fingerprint density at radius 3 is 2.84 bits per heavy atom. The summed E-state index contributed by atoms with van der Waals surface area (Å²) in [6, 6.07) is 2.86. The van der Waals surface area contributed by atoms with Crippen molar-refractivity contribution in [3.05, 3.63) is 45.7 Å². The van der Waals surface area contributed by atoms with Crippen molar-refractivity contribution in [2.24, 2.45) is 0 Å². The largest absolute Gasteiger partial charge is 0.299 e. The van der Waals surface area contributed by atoms with Crippen molar-refractivity contribution >= 4 is 28.7 Å². The molecule has 4 nitrogen and oxygen atoms in total. The quantitative estimate of drug-likeness (QED) is 0.791. The molecular formula is C13H9FN2O2S. The Balaban J connectivity index is 2.09. The Morgan fingerprint density at radius 2 is 2.16 bits per heavy atom. The predicted molar refractivity (Wildman–Crippen MR) is 68.8 cm³/mol. The van der Waals surface area contributed by atoms with Gasteiger partial charge in [0, 0.05) is 11.6 Å². The van der Waals surface area contributed by atoms with E-state index in [2.05, 4.69) is 4.98 Å². The lowest BCUT2D eigenvalue weighted by atomic mass is 10.1. The van der Waals surface area contributed by atoms with Gasteiger partial charge in [-0.05, 0) is 24.6 Å². The smallest absolute Gasteiger partial charge is 0.295 e. The van der Waals surface area contributed by atoms with Crippen LogP contribution in [0.15, 0.2) is 23.7 Å². The molecule has 1 aromatic carbocycles. The summed E-state index contributed by atoms with van der Waals surface area (Å²) in [5, 5.41) is 2.43. The Hall–Kier alpha value is -2.08. The standard InChI is InChI=1S/C13H9FN2O2S/c1-7-4-8-11(9(14)5-7)16(13(18)12(8)17)6-10-15-2-3-19-10/h2-5H,6H2,1H3. The summed E-state index contributed by atoms with van der Waals surface area (Å²) in [7, 11) is 0. The summed E-state index contributed by atoms with van der Waals surface area (Å²) in [6.07, 6.45) is 1.61. The van der Waals surface area contributed by atoms with Crippen LogP contribution in [-0.4, -0.2) is 16.7 Å². The number of ketones is 1. The van der Waals surface area contributed by atoms with Crippen LogP contribution in [0, 0.1) is 12.7 Å². The average Bonchev–Trinajstić information content (AvgIpc) is 2.93. The van der Waals surface area contributed by atoms with Crippen molar-refractivity contribution in [1.82, 2.24) is 4.98 Å². The minimum Gasteiger partial charge on any atom is -0.295 e. The van der Waals surface area contributed by atoms with Crippen molar-refractivity contribution in [3.63, 3.8) is 0 Å². The first-order valence-corrected chi connectivity index (χ1v) is 6.50. The van der Waals surface area contributed by atoms with Crippen LogP contribution in [0.4, 0.5) is 10.1 Å². The van der Waals surface area contributed by atoms with Crippen LogP contribution in [0.3, 0.4) is 0 Å². The summed E-state index contributed by atoms with van der Waals surface area (Å²) in [6.45, 7) is 1.81. The van der Waals surface area contributed by atoms with Gasteiger partial charge in [-0.3, -0.25) is 14.5 Å². The van der Waals surface area contributed by atoms with Gasteiger partial charge in [0.05, 0.1) is 17.8 Å². The third-order valence-corrected chi connectivity index (χ3v) is 3.70. The molecule has 0 saturated carbocycles. The number of rotatable bonds is 2. The molecule has 96 valence electrons. The van der Waals surface area contributed by atoms with E-state index in [0.717, 1.165) is 4.90 Å². The fourth-order valence-electron chi connectivity index (χ4n) is 2.14. The number of hydrogen-bond donors (Lipinski definition) is 0. The first-order valence-electron chi connectivity index (χ1n) is 5.62. The summed E-state index contributed by atoms with van der Waals surface area (Å²) < 4.78 is 14.0. The maximum atomic E-state index is 14.0.